The average Bonchev–Trinajstić information content (AvgIpc) is 2.30. The van der Waals surface area contributed by atoms with Gasteiger partial charge in [-0.1, -0.05) is 31.2 Å². The van der Waals surface area contributed by atoms with E-state index in [0.717, 1.165) is 0 Å². The van der Waals surface area contributed by atoms with E-state index in [-0.39, 0.29) is 11.9 Å². The maximum Gasteiger partial charge on any atom is 0.239 e. The largest absolute Gasteiger partial charge is 0.340 e. The molecular formula is C13H20N2O. The van der Waals surface area contributed by atoms with Crippen LogP contribution in [0.2, 0.25) is 0 Å². The van der Waals surface area contributed by atoms with Gasteiger partial charge in [0.15, 0.2) is 0 Å². The van der Waals surface area contributed by atoms with Crippen LogP contribution in [0, 0.1) is 6.92 Å². The Morgan fingerprint density at radius 1 is 1.44 bits per heavy atom. The molecule has 16 heavy (non-hydrogen) atoms. The molecule has 0 radical (unpaired) electrons. The van der Waals surface area contributed by atoms with Gasteiger partial charge in [0, 0.05) is 13.6 Å². The van der Waals surface area contributed by atoms with Crippen LogP contribution in [0.25, 0.3) is 0 Å². The lowest BCUT2D eigenvalue weighted by Gasteiger charge is -2.21. The first kappa shape index (κ1) is 12.7. The van der Waals surface area contributed by atoms with Crippen LogP contribution in [-0.2, 0) is 11.3 Å². The van der Waals surface area contributed by atoms with E-state index in [2.05, 4.69) is 0 Å². The van der Waals surface area contributed by atoms with Crippen LogP contribution in [-0.4, -0.2) is 23.9 Å². The predicted molar refractivity (Wildman–Crippen MR) is 65.9 cm³/mol. The predicted octanol–water partition coefficient (Wildman–Crippen LogP) is 1.69. The summed E-state index contributed by atoms with van der Waals surface area (Å²) >= 11 is 0. The van der Waals surface area contributed by atoms with Crippen molar-refractivity contribution >= 4 is 5.91 Å². The van der Waals surface area contributed by atoms with Gasteiger partial charge >= 0.3 is 0 Å². The standard InChI is InChI=1S/C13H20N2O/c1-4-12(14)13(16)15(3)9-11-8-6-5-7-10(11)2/h5-8,12H,4,9,14H2,1-3H3/t12-/m0/s1. The molecule has 0 unspecified atom stereocenters. The quantitative estimate of drug-likeness (QED) is 0.839. The van der Waals surface area contributed by atoms with Crippen molar-refractivity contribution in [3.05, 3.63) is 35.4 Å². The number of nitrogens with zero attached hydrogens (tertiary/aromatic N) is 1. The first-order chi connectivity index (χ1) is 7.56. The summed E-state index contributed by atoms with van der Waals surface area (Å²) in [6, 6.07) is 7.69. The van der Waals surface area contributed by atoms with Crippen molar-refractivity contribution < 1.29 is 4.79 Å². The molecule has 0 bridgehead atoms. The summed E-state index contributed by atoms with van der Waals surface area (Å²) in [7, 11) is 1.80. The lowest BCUT2D eigenvalue weighted by atomic mass is 10.1. The molecule has 0 aliphatic carbocycles. The molecule has 1 rings (SSSR count). The minimum atomic E-state index is -0.381. The Balaban J connectivity index is 2.68. The zero-order valence-electron chi connectivity index (χ0n) is 10.2. The zero-order valence-corrected chi connectivity index (χ0v) is 10.2. The smallest absolute Gasteiger partial charge is 0.239 e. The van der Waals surface area contributed by atoms with Gasteiger partial charge in [-0.3, -0.25) is 4.79 Å². The summed E-state index contributed by atoms with van der Waals surface area (Å²) in [4.78, 5) is 13.5. The fourth-order valence-corrected chi connectivity index (χ4v) is 1.58. The number of likely N-dealkylation sites (N-methyl/N-ethyl adjacent to an activating group) is 1. The van der Waals surface area contributed by atoms with Gasteiger partial charge in [0.25, 0.3) is 0 Å². The van der Waals surface area contributed by atoms with E-state index >= 15 is 0 Å². The number of rotatable bonds is 4. The number of hydrogen-bond acceptors (Lipinski definition) is 2. The van der Waals surface area contributed by atoms with Crippen LogP contribution < -0.4 is 5.73 Å². The molecular weight excluding hydrogens is 200 g/mol. The highest BCUT2D eigenvalue weighted by Gasteiger charge is 2.16. The van der Waals surface area contributed by atoms with Crippen molar-refractivity contribution in [3.63, 3.8) is 0 Å². The zero-order chi connectivity index (χ0) is 12.1. The lowest BCUT2D eigenvalue weighted by Crippen LogP contribution is -2.40. The average molecular weight is 220 g/mol. The Hall–Kier alpha value is -1.35. The molecule has 1 aromatic carbocycles. The normalized spacial score (nSPS) is 12.2. The summed E-state index contributed by atoms with van der Waals surface area (Å²) in [6.07, 6.45) is 0.678. The van der Waals surface area contributed by atoms with E-state index in [1.54, 1.807) is 11.9 Å². The van der Waals surface area contributed by atoms with Gasteiger partial charge in [-0.05, 0) is 24.5 Å². The van der Waals surface area contributed by atoms with Crippen molar-refractivity contribution in [2.75, 3.05) is 7.05 Å². The van der Waals surface area contributed by atoms with Crippen LogP contribution in [0.1, 0.15) is 24.5 Å². The van der Waals surface area contributed by atoms with Crippen LogP contribution in [0.15, 0.2) is 24.3 Å². The third-order valence-electron chi connectivity index (χ3n) is 2.80. The van der Waals surface area contributed by atoms with E-state index in [9.17, 15) is 4.79 Å². The Labute approximate surface area is 97.2 Å². The topological polar surface area (TPSA) is 46.3 Å². The molecule has 0 spiro atoms. The highest BCUT2D eigenvalue weighted by molar-refractivity contribution is 5.81. The number of carbonyl (C=O) groups is 1. The van der Waals surface area contributed by atoms with E-state index in [1.807, 2.05) is 38.1 Å². The molecule has 1 atom stereocenters. The van der Waals surface area contributed by atoms with Crippen LogP contribution in [0.3, 0.4) is 0 Å². The third-order valence-corrected chi connectivity index (χ3v) is 2.80. The second kappa shape index (κ2) is 5.66. The molecule has 1 aromatic rings. The van der Waals surface area contributed by atoms with Gasteiger partial charge in [0.1, 0.15) is 0 Å². The molecule has 0 aliphatic rings. The second-order valence-electron chi connectivity index (χ2n) is 4.14. The Morgan fingerprint density at radius 3 is 2.62 bits per heavy atom. The summed E-state index contributed by atoms with van der Waals surface area (Å²) < 4.78 is 0. The monoisotopic (exact) mass is 220 g/mol. The maximum absolute atomic E-state index is 11.8. The van der Waals surface area contributed by atoms with Crippen LogP contribution in [0.4, 0.5) is 0 Å². The highest BCUT2D eigenvalue weighted by Crippen LogP contribution is 2.10. The number of nitrogens with two attached hydrogens (primary N) is 1. The Bertz CT molecular complexity index is 363. The fourth-order valence-electron chi connectivity index (χ4n) is 1.58. The lowest BCUT2D eigenvalue weighted by molar-refractivity contribution is -0.131. The summed E-state index contributed by atoms with van der Waals surface area (Å²) in [5.74, 6) is 0.00533. The number of amides is 1. The van der Waals surface area contributed by atoms with E-state index < -0.39 is 0 Å². The maximum atomic E-state index is 11.8. The number of aryl methyl sites for hydroxylation is 1. The van der Waals surface area contributed by atoms with Gasteiger partial charge in [-0.15, -0.1) is 0 Å². The van der Waals surface area contributed by atoms with Crippen molar-refractivity contribution in [1.82, 2.24) is 4.90 Å². The summed E-state index contributed by atoms with van der Waals surface area (Å²) in [5.41, 5.74) is 8.09. The molecule has 1 amide bonds. The minimum absolute atomic E-state index is 0.00533. The van der Waals surface area contributed by atoms with Crippen molar-refractivity contribution in [2.45, 2.75) is 32.9 Å². The van der Waals surface area contributed by atoms with Gasteiger partial charge in [-0.2, -0.15) is 0 Å². The van der Waals surface area contributed by atoms with Crippen LogP contribution in [0.5, 0.6) is 0 Å². The van der Waals surface area contributed by atoms with Crippen molar-refractivity contribution in [1.29, 1.82) is 0 Å². The Kier molecular flexibility index (Phi) is 4.50. The second-order valence-corrected chi connectivity index (χ2v) is 4.14. The number of carbonyl (C=O) groups excluding carboxylic acids is 1. The molecule has 0 fully saturated rings. The van der Waals surface area contributed by atoms with Gasteiger partial charge in [-0.25, -0.2) is 0 Å². The number of benzene rings is 1. The number of hydrogen-bond donors (Lipinski definition) is 1. The Morgan fingerprint density at radius 2 is 2.06 bits per heavy atom. The van der Waals surface area contributed by atoms with Crippen LogP contribution >= 0.6 is 0 Å². The fraction of sp³-hybridized carbons (Fsp3) is 0.462. The molecule has 0 saturated heterocycles. The summed E-state index contributed by atoms with van der Waals surface area (Å²) in [5, 5.41) is 0. The van der Waals surface area contributed by atoms with E-state index in [0.29, 0.717) is 13.0 Å². The molecule has 0 heterocycles. The van der Waals surface area contributed by atoms with E-state index in [4.69, 9.17) is 5.73 Å². The molecule has 2 N–H and O–H groups in total. The summed E-state index contributed by atoms with van der Waals surface area (Å²) in [6.45, 7) is 4.59. The molecule has 0 aromatic heterocycles. The molecule has 0 aliphatic heterocycles. The van der Waals surface area contributed by atoms with Crippen molar-refractivity contribution in [2.24, 2.45) is 5.73 Å². The van der Waals surface area contributed by atoms with Crippen molar-refractivity contribution in [3.8, 4) is 0 Å². The first-order valence-electron chi connectivity index (χ1n) is 5.61. The molecule has 3 heteroatoms. The SMILES string of the molecule is CC[C@H](N)C(=O)N(C)Cc1ccccc1C. The van der Waals surface area contributed by atoms with Gasteiger partial charge in [0.2, 0.25) is 5.91 Å². The molecule has 0 saturated carbocycles. The van der Waals surface area contributed by atoms with Gasteiger partial charge < -0.3 is 10.6 Å². The molecule has 88 valence electrons. The minimum Gasteiger partial charge on any atom is -0.340 e. The first-order valence-corrected chi connectivity index (χ1v) is 5.61. The van der Waals surface area contributed by atoms with E-state index in [1.165, 1.54) is 11.1 Å². The molecule has 3 nitrogen and oxygen atoms in total. The highest BCUT2D eigenvalue weighted by atomic mass is 16.2. The third kappa shape index (κ3) is 3.07. The van der Waals surface area contributed by atoms with Gasteiger partial charge in [0.05, 0.1) is 6.04 Å².